The molecule has 0 spiro atoms. The Kier molecular flexibility index (Phi) is 5.22. The minimum Gasteiger partial charge on any atom is -0.482 e. The first-order valence-electron chi connectivity index (χ1n) is 6.40. The van der Waals surface area contributed by atoms with Crippen molar-refractivity contribution in [2.45, 2.75) is 18.9 Å². The number of carbonyl (C=O) groups is 1. The Morgan fingerprint density at radius 3 is 3.10 bits per heavy atom. The van der Waals surface area contributed by atoms with E-state index in [0.717, 1.165) is 19.4 Å². The Balaban J connectivity index is 1.76. The van der Waals surface area contributed by atoms with Gasteiger partial charge in [0.2, 0.25) is 0 Å². The average molecular weight is 295 g/mol. The van der Waals surface area contributed by atoms with Crippen LogP contribution in [-0.4, -0.2) is 31.8 Å². The van der Waals surface area contributed by atoms with Crippen molar-refractivity contribution < 1.29 is 14.3 Å². The van der Waals surface area contributed by atoms with Gasteiger partial charge < -0.3 is 14.8 Å². The highest BCUT2D eigenvalue weighted by Crippen LogP contribution is 2.25. The van der Waals surface area contributed by atoms with Crippen LogP contribution in [0.2, 0.25) is 5.02 Å². The van der Waals surface area contributed by atoms with Gasteiger partial charge in [-0.2, -0.15) is 5.26 Å². The van der Waals surface area contributed by atoms with Gasteiger partial charge in [0.25, 0.3) is 5.91 Å². The monoisotopic (exact) mass is 294 g/mol. The van der Waals surface area contributed by atoms with E-state index in [1.807, 2.05) is 6.07 Å². The number of ether oxygens (including phenoxy) is 2. The van der Waals surface area contributed by atoms with Crippen LogP contribution in [0, 0.1) is 11.3 Å². The van der Waals surface area contributed by atoms with Crippen molar-refractivity contribution in [3.8, 4) is 11.8 Å². The molecular formula is C14H15ClN2O3. The number of carbonyl (C=O) groups excluding carboxylic acids is 1. The number of halogens is 1. The van der Waals surface area contributed by atoms with Gasteiger partial charge in [-0.3, -0.25) is 4.79 Å². The van der Waals surface area contributed by atoms with Crippen molar-refractivity contribution in [2.75, 3.05) is 19.8 Å². The van der Waals surface area contributed by atoms with E-state index in [4.69, 9.17) is 26.3 Å². The van der Waals surface area contributed by atoms with Gasteiger partial charge in [-0.1, -0.05) is 11.6 Å². The van der Waals surface area contributed by atoms with Crippen molar-refractivity contribution in [1.82, 2.24) is 5.32 Å². The van der Waals surface area contributed by atoms with Gasteiger partial charge in [0, 0.05) is 13.2 Å². The third-order valence-electron chi connectivity index (χ3n) is 2.97. The molecule has 1 aliphatic rings. The van der Waals surface area contributed by atoms with Crippen molar-refractivity contribution in [3.05, 3.63) is 28.8 Å². The Bertz CT molecular complexity index is 522. The lowest BCUT2D eigenvalue weighted by Gasteiger charge is -2.12. The molecule has 1 aliphatic heterocycles. The lowest BCUT2D eigenvalue weighted by Crippen LogP contribution is -2.35. The first kappa shape index (κ1) is 14.6. The molecule has 1 heterocycles. The summed E-state index contributed by atoms with van der Waals surface area (Å²) in [5, 5.41) is 11.8. The first-order valence-corrected chi connectivity index (χ1v) is 6.77. The number of nitrogens with one attached hydrogen (secondary N) is 1. The van der Waals surface area contributed by atoms with Crippen molar-refractivity contribution in [2.24, 2.45) is 0 Å². The predicted octanol–water partition coefficient (Wildman–Crippen LogP) is 1.89. The summed E-state index contributed by atoms with van der Waals surface area (Å²) in [6.07, 6.45) is 2.12. The van der Waals surface area contributed by atoms with Crippen LogP contribution in [0.15, 0.2) is 18.2 Å². The summed E-state index contributed by atoms with van der Waals surface area (Å²) in [5.41, 5.74) is 0.449. The number of nitriles is 1. The lowest BCUT2D eigenvalue weighted by atomic mass is 10.2. The molecule has 1 N–H and O–H groups in total. The molecule has 1 unspecified atom stereocenters. The number of amides is 1. The maximum absolute atomic E-state index is 11.6. The molecule has 0 aliphatic carbocycles. The third kappa shape index (κ3) is 4.12. The fourth-order valence-corrected chi connectivity index (χ4v) is 2.15. The minimum absolute atomic E-state index is 0.109. The number of hydrogen-bond donors (Lipinski definition) is 1. The van der Waals surface area contributed by atoms with E-state index in [-0.39, 0.29) is 18.6 Å². The molecular weight excluding hydrogens is 280 g/mol. The predicted molar refractivity (Wildman–Crippen MR) is 73.6 cm³/mol. The summed E-state index contributed by atoms with van der Waals surface area (Å²) in [5.74, 6) is 0.166. The van der Waals surface area contributed by atoms with E-state index in [1.165, 1.54) is 6.07 Å². The molecule has 0 radical (unpaired) electrons. The van der Waals surface area contributed by atoms with E-state index >= 15 is 0 Å². The second-order valence-corrected chi connectivity index (χ2v) is 4.89. The molecule has 0 saturated carbocycles. The topological polar surface area (TPSA) is 71.3 Å². The maximum Gasteiger partial charge on any atom is 0.258 e. The van der Waals surface area contributed by atoms with Gasteiger partial charge in [-0.15, -0.1) is 0 Å². The molecule has 106 valence electrons. The molecule has 0 aromatic heterocycles. The van der Waals surface area contributed by atoms with E-state index in [1.54, 1.807) is 12.1 Å². The molecule has 6 heteroatoms. The molecule has 1 fully saturated rings. The third-order valence-corrected chi connectivity index (χ3v) is 3.27. The first-order chi connectivity index (χ1) is 9.69. The van der Waals surface area contributed by atoms with Gasteiger partial charge in [0.05, 0.1) is 22.8 Å². The fourth-order valence-electron chi connectivity index (χ4n) is 1.91. The Morgan fingerprint density at radius 2 is 2.45 bits per heavy atom. The quantitative estimate of drug-likeness (QED) is 0.900. The highest BCUT2D eigenvalue weighted by molar-refractivity contribution is 6.32. The zero-order valence-corrected chi connectivity index (χ0v) is 11.7. The van der Waals surface area contributed by atoms with Crippen LogP contribution in [-0.2, 0) is 9.53 Å². The molecule has 1 saturated heterocycles. The Hall–Kier alpha value is -1.77. The Morgan fingerprint density at radius 1 is 1.60 bits per heavy atom. The summed E-state index contributed by atoms with van der Waals surface area (Å²) >= 11 is 5.94. The zero-order valence-electron chi connectivity index (χ0n) is 10.9. The summed E-state index contributed by atoms with van der Waals surface area (Å²) in [6, 6.07) is 6.65. The van der Waals surface area contributed by atoms with Crippen molar-refractivity contribution >= 4 is 17.5 Å². The zero-order chi connectivity index (χ0) is 14.4. The number of rotatable bonds is 5. The number of benzene rings is 1. The van der Waals surface area contributed by atoms with E-state index in [2.05, 4.69) is 5.32 Å². The maximum atomic E-state index is 11.6. The molecule has 1 atom stereocenters. The number of nitrogens with zero attached hydrogens (tertiary/aromatic N) is 1. The molecule has 2 rings (SSSR count). The molecule has 1 amide bonds. The number of hydrogen-bond acceptors (Lipinski definition) is 4. The van der Waals surface area contributed by atoms with E-state index in [0.29, 0.717) is 22.9 Å². The van der Waals surface area contributed by atoms with Gasteiger partial charge in [-0.25, -0.2) is 0 Å². The lowest BCUT2D eigenvalue weighted by molar-refractivity contribution is -0.123. The second-order valence-electron chi connectivity index (χ2n) is 4.48. The van der Waals surface area contributed by atoms with Crippen LogP contribution in [0.4, 0.5) is 0 Å². The fraction of sp³-hybridized carbons (Fsp3) is 0.429. The summed E-state index contributed by atoms with van der Waals surface area (Å²) in [6.45, 7) is 1.15. The van der Waals surface area contributed by atoms with Gasteiger partial charge in [0.1, 0.15) is 5.75 Å². The van der Waals surface area contributed by atoms with Crippen LogP contribution < -0.4 is 10.1 Å². The van der Waals surface area contributed by atoms with Crippen molar-refractivity contribution in [3.63, 3.8) is 0 Å². The molecule has 0 bridgehead atoms. The normalized spacial score (nSPS) is 17.5. The van der Waals surface area contributed by atoms with Crippen LogP contribution in [0.1, 0.15) is 18.4 Å². The van der Waals surface area contributed by atoms with Gasteiger partial charge in [0.15, 0.2) is 6.61 Å². The molecule has 1 aromatic rings. The van der Waals surface area contributed by atoms with Crippen molar-refractivity contribution in [1.29, 1.82) is 5.26 Å². The van der Waals surface area contributed by atoms with Crippen LogP contribution in [0.3, 0.4) is 0 Å². The molecule has 20 heavy (non-hydrogen) atoms. The van der Waals surface area contributed by atoms with E-state index < -0.39 is 0 Å². The minimum atomic E-state index is -0.221. The smallest absolute Gasteiger partial charge is 0.258 e. The molecule has 5 nitrogen and oxygen atoms in total. The van der Waals surface area contributed by atoms with Crippen LogP contribution in [0.25, 0.3) is 0 Å². The summed E-state index contributed by atoms with van der Waals surface area (Å²) in [7, 11) is 0. The highest BCUT2D eigenvalue weighted by atomic mass is 35.5. The average Bonchev–Trinajstić information content (AvgIpc) is 2.97. The molecule has 1 aromatic carbocycles. The van der Waals surface area contributed by atoms with Gasteiger partial charge >= 0.3 is 0 Å². The van der Waals surface area contributed by atoms with Gasteiger partial charge in [-0.05, 0) is 31.0 Å². The van der Waals surface area contributed by atoms with Crippen LogP contribution >= 0.6 is 11.6 Å². The van der Waals surface area contributed by atoms with E-state index in [9.17, 15) is 4.79 Å². The second kappa shape index (κ2) is 7.13. The standard InChI is InChI=1S/C14H15ClN2O3/c15-12-6-10(7-16)3-4-13(12)20-9-14(18)17-8-11-2-1-5-19-11/h3-4,6,11H,1-2,5,8-9H2,(H,17,18). The highest BCUT2D eigenvalue weighted by Gasteiger charge is 2.16. The largest absolute Gasteiger partial charge is 0.482 e. The summed E-state index contributed by atoms with van der Waals surface area (Å²) < 4.78 is 10.7. The summed E-state index contributed by atoms with van der Waals surface area (Å²) in [4.78, 5) is 11.6. The Labute approximate surface area is 122 Å². The van der Waals surface area contributed by atoms with Crippen LogP contribution in [0.5, 0.6) is 5.75 Å². The SMILES string of the molecule is N#Cc1ccc(OCC(=O)NCC2CCCO2)c(Cl)c1.